The van der Waals surface area contributed by atoms with Crippen molar-refractivity contribution in [1.29, 1.82) is 0 Å². The second-order valence-electron chi connectivity index (χ2n) is 6.15. The predicted octanol–water partition coefficient (Wildman–Crippen LogP) is 2.25. The van der Waals surface area contributed by atoms with Gasteiger partial charge >= 0.3 is 0 Å². The fraction of sp³-hybridized carbons (Fsp3) is 1.00. The summed E-state index contributed by atoms with van der Waals surface area (Å²) in [6.45, 7) is 9.51. The Morgan fingerprint density at radius 2 is 2.18 bits per heavy atom. The van der Waals surface area contributed by atoms with Crippen LogP contribution in [0, 0.1) is 5.92 Å². The lowest BCUT2D eigenvalue weighted by Gasteiger charge is -2.39. The topological polar surface area (TPSA) is 38.5 Å². The van der Waals surface area contributed by atoms with Crippen LogP contribution in [-0.2, 0) is 4.74 Å². The molecule has 1 fully saturated rings. The molecular weight excluding hydrogens is 212 g/mol. The summed E-state index contributed by atoms with van der Waals surface area (Å²) in [5.74, 6) is 0.747. The normalized spacial score (nSPS) is 24.5. The summed E-state index contributed by atoms with van der Waals surface area (Å²) in [4.78, 5) is 2.41. The Hall–Kier alpha value is -0.120. The molecule has 1 aliphatic rings. The number of hydrogen-bond donors (Lipinski definition) is 1. The molecule has 0 bridgehead atoms. The molecule has 0 saturated carbocycles. The van der Waals surface area contributed by atoms with Crippen molar-refractivity contribution in [3.63, 3.8) is 0 Å². The monoisotopic (exact) mass is 242 g/mol. The molecular formula is C14H30N2O. The van der Waals surface area contributed by atoms with Gasteiger partial charge < -0.3 is 10.5 Å². The van der Waals surface area contributed by atoms with E-state index >= 15 is 0 Å². The molecule has 0 aromatic carbocycles. The van der Waals surface area contributed by atoms with E-state index in [9.17, 15) is 0 Å². The molecule has 1 rings (SSSR count). The highest BCUT2D eigenvalue weighted by atomic mass is 16.5. The molecule has 102 valence electrons. The van der Waals surface area contributed by atoms with Crippen LogP contribution < -0.4 is 5.73 Å². The van der Waals surface area contributed by atoms with Crippen LogP contribution in [0.4, 0.5) is 0 Å². The lowest BCUT2D eigenvalue weighted by Crippen LogP contribution is -2.52. The second kappa shape index (κ2) is 6.72. The summed E-state index contributed by atoms with van der Waals surface area (Å²) in [6.07, 6.45) is 5.25. The van der Waals surface area contributed by atoms with Crippen LogP contribution in [0.2, 0.25) is 0 Å². The molecule has 17 heavy (non-hydrogen) atoms. The number of nitrogens with zero attached hydrogens (tertiary/aromatic N) is 1. The van der Waals surface area contributed by atoms with Crippen molar-refractivity contribution in [3.8, 4) is 0 Å². The van der Waals surface area contributed by atoms with E-state index in [4.69, 9.17) is 10.5 Å². The minimum absolute atomic E-state index is 0.121. The highest BCUT2D eigenvalue weighted by molar-refractivity contribution is 4.87. The highest BCUT2D eigenvalue weighted by Crippen LogP contribution is 2.23. The van der Waals surface area contributed by atoms with Crippen LogP contribution in [0.25, 0.3) is 0 Å². The van der Waals surface area contributed by atoms with E-state index in [1.807, 2.05) is 0 Å². The molecule has 1 heterocycles. The summed E-state index contributed by atoms with van der Waals surface area (Å²) in [5, 5.41) is 0. The van der Waals surface area contributed by atoms with Crippen molar-refractivity contribution in [2.24, 2.45) is 11.7 Å². The largest absolute Gasteiger partial charge is 0.377 e. The lowest BCUT2D eigenvalue weighted by atomic mass is 9.90. The molecule has 0 radical (unpaired) electrons. The van der Waals surface area contributed by atoms with Crippen molar-refractivity contribution < 1.29 is 4.74 Å². The average Bonchev–Trinajstić information content (AvgIpc) is 2.78. The number of nitrogens with two attached hydrogens (primary N) is 1. The van der Waals surface area contributed by atoms with Gasteiger partial charge in [0, 0.05) is 25.2 Å². The van der Waals surface area contributed by atoms with Crippen LogP contribution in [-0.4, -0.2) is 43.3 Å². The Morgan fingerprint density at radius 3 is 2.65 bits per heavy atom. The van der Waals surface area contributed by atoms with Gasteiger partial charge in [-0.2, -0.15) is 0 Å². The van der Waals surface area contributed by atoms with Crippen LogP contribution >= 0.6 is 0 Å². The molecule has 0 aromatic rings. The molecule has 0 amide bonds. The Balaban J connectivity index is 2.45. The zero-order valence-electron chi connectivity index (χ0n) is 12.0. The van der Waals surface area contributed by atoms with E-state index in [0.717, 1.165) is 25.6 Å². The molecule has 0 spiro atoms. The van der Waals surface area contributed by atoms with Gasteiger partial charge in [0.25, 0.3) is 0 Å². The molecule has 0 aromatic heterocycles. The smallest absolute Gasteiger partial charge is 0.0702 e. The maximum atomic E-state index is 5.99. The Labute approximate surface area is 107 Å². The average molecular weight is 242 g/mol. The molecule has 1 aliphatic heterocycles. The van der Waals surface area contributed by atoms with Gasteiger partial charge in [-0.05, 0) is 45.6 Å². The minimum Gasteiger partial charge on any atom is -0.377 e. The fourth-order valence-corrected chi connectivity index (χ4v) is 2.36. The van der Waals surface area contributed by atoms with E-state index in [2.05, 4.69) is 32.7 Å². The first-order chi connectivity index (χ1) is 7.98. The first-order valence-corrected chi connectivity index (χ1v) is 7.01. The predicted molar refractivity (Wildman–Crippen MR) is 73.1 cm³/mol. The maximum Gasteiger partial charge on any atom is 0.0702 e. The first-order valence-electron chi connectivity index (χ1n) is 7.01. The Morgan fingerprint density at radius 1 is 1.47 bits per heavy atom. The van der Waals surface area contributed by atoms with E-state index in [1.165, 1.54) is 25.7 Å². The summed E-state index contributed by atoms with van der Waals surface area (Å²) in [5.41, 5.74) is 6.11. The quantitative estimate of drug-likeness (QED) is 0.744. The molecule has 3 heteroatoms. The number of ether oxygens (including phenoxy) is 1. The van der Waals surface area contributed by atoms with Crippen molar-refractivity contribution >= 4 is 0 Å². The fourth-order valence-electron chi connectivity index (χ4n) is 2.36. The zero-order chi connectivity index (χ0) is 12.9. The Bertz CT molecular complexity index is 214. The van der Waals surface area contributed by atoms with E-state index in [1.54, 1.807) is 0 Å². The van der Waals surface area contributed by atoms with Gasteiger partial charge in [0.1, 0.15) is 0 Å². The summed E-state index contributed by atoms with van der Waals surface area (Å²) in [7, 11) is 2.19. The summed E-state index contributed by atoms with van der Waals surface area (Å²) in [6, 6.07) is 0. The minimum atomic E-state index is 0.121. The molecule has 2 unspecified atom stereocenters. The zero-order valence-corrected chi connectivity index (χ0v) is 12.0. The van der Waals surface area contributed by atoms with Gasteiger partial charge in [0.2, 0.25) is 0 Å². The molecule has 2 N–H and O–H groups in total. The van der Waals surface area contributed by atoms with Gasteiger partial charge in [-0.25, -0.2) is 0 Å². The molecule has 2 atom stereocenters. The third-order valence-corrected chi connectivity index (χ3v) is 4.12. The van der Waals surface area contributed by atoms with Gasteiger partial charge in [-0.1, -0.05) is 13.8 Å². The van der Waals surface area contributed by atoms with Gasteiger partial charge in [0.15, 0.2) is 0 Å². The summed E-state index contributed by atoms with van der Waals surface area (Å²) >= 11 is 0. The maximum absolute atomic E-state index is 5.99. The van der Waals surface area contributed by atoms with Crippen molar-refractivity contribution in [2.75, 3.05) is 26.7 Å². The van der Waals surface area contributed by atoms with Gasteiger partial charge in [0.05, 0.1) is 6.10 Å². The first kappa shape index (κ1) is 14.9. The van der Waals surface area contributed by atoms with Crippen molar-refractivity contribution in [1.82, 2.24) is 4.90 Å². The standard InChI is InChI=1S/C14H30N2O/c1-12(2)7-8-14(3,11-15)16(4)10-13-6-5-9-17-13/h12-13H,5-11,15H2,1-4H3. The Kier molecular flexibility index (Phi) is 5.90. The summed E-state index contributed by atoms with van der Waals surface area (Å²) < 4.78 is 5.71. The van der Waals surface area contributed by atoms with E-state index in [-0.39, 0.29) is 5.54 Å². The molecule has 3 nitrogen and oxygen atoms in total. The van der Waals surface area contributed by atoms with E-state index < -0.39 is 0 Å². The van der Waals surface area contributed by atoms with Crippen LogP contribution in [0.3, 0.4) is 0 Å². The highest BCUT2D eigenvalue weighted by Gasteiger charge is 2.30. The van der Waals surface area contributed by atoms with Crippen LogP contribution in [0.5, 0.6) is 0 Å². The lowest BCUT2D eigenvalue weighted by molar-refractivity contribution is 0.0383. The van der Waals surface area contributed by atoms with Crippen LogP contribution in [0.15, 0.2) is 0 Å². The third kappa shape index (κ3) is 4.57. The third-order valence-electron chi connectivity index (χ3n) is 4.12. The SMILES string of the molecule is CC(C)CCC(C)(CN)N(C)CC1CCCO1. The van der Waals surface area contributed by atoms with Crippen molar-refractivity contribution in [2.45, 2.75) is 58.1 Å². The van der Waals surface area contributed by atoms with Gasteiger partial charge in [-0.15, -0.1) is 0 Å². The van der Waals surface area contributed by atoms with E-state index in [0.29, 0.717) is 6.10 Å². The molecule has 0 aliphatic carbocycles. The van der Waals surface area contributed by atoms with Crippen molar-refractivity contribution in [3.05, 3.63) is 0 Å². The molecule has 1 saturated heterocycles. The number of rotatable bonds is 7. The number of likely N-dealkylation sites (N-methyl/N-ethyl adjacent to an activating group) is 1. The second-order valence-corrected chi connectivity index (χ2v) is 6.15. The van der Waals surface area contributed by atoms with Crippen LogP contribution in [0.1, 0.15) is 46.5 Å². The van der Waals surface area contributed by atoms with Gasteiger partial charge in [-0.3, -0.25) is 4.90 Å². The number of hydrogen-bond acceptors (Lipinski definition) is 3.